The molecule has 1 saturated heterocycles. The molecular formula is C14H27NOS. The average molecular weight is 257 g/mol. The van der Waals surface area contributed by atoms with E-state index in [-0.39, 0.29) is 0 Å². The standard InChI is InChI=1S/C14H27NOS/c1-9-7-10(2)14(12(8-9)15-4)17-13-5-6-16-11(13)3/h9-15H,5-8H2,1-4H3. The highest BCUT2D eigenvalue weighted by Crippen LogP contribution is 2.41. The Labute approximate surface area is 110 Å². The monoisotopic (exact) mass is 257 g/mol. The van der Waals surface area contributed by atoms with Crippen LogP contribution in [0.1, 0.15) is 40.0 Å². The van der Waals surface area contributed by atoms with Crippen LogP contribution in [0.5, 0.6) is 0 Å². The highest BCUT2D eigenvalue weighted by Gasteiger charge is 2.37. The molecule has 1 saturated carbocycles. The van der Waals surface area contributed by atoms with E-state index >= 15 is 0 Å². The predicted octanol–water partition coefficient (Wildman–Crippen LogP) is 2.92. The van der Waals surface area contributed by atoms with Crippen molar-refractivity contribution in [3.05, 3.63) is 0 Å². The lowest BCUT2D eigenvalue weighted by atomic mass is 9.80. The maximum atomic E-state index is 5.69. The molecule has 0 radical (unpaired) electrons. The molecule has 0 amide bonds. The Kier molecular flexibility index (Phi) is 4.79. The molecule has 1 N–H and O–H groups in total. The minimum atomic E-state index is 0.448. The zero-order chi connectivity index (χ0) is 12.4. The lowest BCUT2D eigenvalue weighted by molar-refractivity contribution is 0.127. The van der Waals surface area contributed by atoms with Crippen molar-refractivity contribution < 1.29 is 4.74 Å². The summed E-state index contributed by atoms with van der Waals surface area (Å²) in [7, 11) is 2.12. The normalized spacial score (nSPS) is 47.3. The second-order valence-corrected chi connectivity index (χ2v) is 7.37. The van der Waals surface area contributed by atoms with Gasteiger partial charge in [-0.2, -0.15) is 11.8 Å². The van der Waals surface area contributed by atoms with Crippen molar-refractivity contribution in [2.75, 3.05) is 13.7 Å². The molecule has 1 aliphatic carbocycles. The van der Waals surface area contributed by atoms with Gasteiger partial charge in [-0.15, -0.1) is 0 Å². The van der Waals surface area contributed by atoms with E-state index in [0.29, 0.717) is 17.4 Å². The summed E-state index contributed by atoms with van der Waals surface area (Å²) in [5.74, 6) is 1.70. The van der Waals surface area contributed by atoms with Crippen LogP contribution >= 0.6 is 11.8 Å². The van der Waals surface area contributed by atoms with Gasteiger partial charge >= 0.3 is 0 Å². The summed E-state index contributed by atoms with van der Waals surface area (Å²) in [6, 6.07) is 0.687. The molecule has 2 nitrogen and oxygen atoms in total. The summed E-state index contributed by atoms with van der Waals surface area (Å²) >= 11 is 2.19. The van der Waals surface area contributed by atoms with Crippen molar-refractivity contribution in [2.24, 2.45) is 11.8 Å². The Morgan fingerprint density at radius 3 is 2.53 bits per heavy atom. The summed E-state index contributed by atoms with van der Waals surface area (Å²) in [4.78, 5) is 0. The molecule has 6 unspecified atom stereocenters. The fraction of sp³-hybridized carbons (Fsp3) is 1.00. The van der Waals surface area contributed by atoms with Gasteiger partial charge in [0.1, 0.15) is 0 Å². The van der Waals surface area contributed by atoms with E-state index in [1.165, 1.54) is 19.3 Å². The Morgan fingerprint density at radius 1 is 1.18 bits per heavy atom. The third-order valence-electron chi connectivity index (χ3n) is 4.40. The molecule has 2 aliphatic rings. The van der Waals surface area contributed by atoms with Crippen LogP contribution in [0.25, 0.3) is 0 Å². The first-order valence-electron chi connectivity index (χ1n) is 7.06. The van der Waals surface area contributed by atoms with Crippen LogP contribution in [0.4, 0.5) is 0 Å². The van der Waals surface area contributed by atoms with E-state index in [1.807, 2.05) is 0 Å². The van der Waals surface area contributed by atoms with Crippen molar-refractivity contribution in [1.29, 1.82) is 0 Å². The zero-order valence-electron chi connectivity index (χ0n) is 11.6. The quantitative estimate of drug-likeness (QED) is 0.840. The summed E-state index contributed by atoms with van der Waals surface area (Å²) in [6.07, 6.45) is 4.41. The topological polar surface area (TPSA) is 21.3 Å². The van der Waals surface area contributed by atoms with Crippen LogP contribution < -0.4 is 5.32 Å². The van der Waals surface area contributed by atoms with Gasteiger partial charge in [-0.1, -0.05) is 13.8 Å². The second kappa shape index (κ2) is 5.94. The molecule has 3 heteroatoms. The molecule has 1 aliphatic heterocycles. The average Bonchev–Trinajstić information content (AvgIpc) is 2.68. The maximum absolute atomic E-state index is 5.69. The Morgan fingerprint density at radius 2 is 1.94 bits per heavy atom. The lowest BCUT2D eigenvalue weighted by Crippen LogP contribution is -2.46. The molecule has 100 valence electrons. The van der Waals surface area contributed by atoms with Gasteiger partial charge in [-0.05, 0) is 45.1 Å². The van der Waals surface area contributed by atoms with Gasteiger partial charge in [0.05, 0.1) is 6.10 Å². The fourth-order valence-corrected chi connectivity index (χ4v) is 5.18. The lowest BCUT2D eigenvalue weighted by Gasteiger charge is -2.40. The van der Waals surface area contributed by atoms with Crippen LogP contribution in [0.3, 0.4) is 0 Å². The zero-order valence-corrected chi connectivity index (χ0v) is 12.4. The van der Waals surface area contributed by atoms with Crippen LogP contribution in [0.2, 0.25) is 0 Å². The Balaban J connectivity index is 1.96. The molecule has 0 spiro atoms. The van der Waals surface area contributed by atoms with Gasteiger partial charge in [-0.25, -0.2) is 0 Å². The number of hydrogen-bond donors (Lipinski definition) is 1. The molecule has 6 atom stereocenters. The van der Waals surface area contributed by atoms with Crippen LogP contribution in [0.15, 0.2) is 0 Å². The highest BCUT2D eigenvalue weighted by molar-refractivity contribution is 8.00. The molecule has 1 heterocycles. The van der Waals surface area contributed by atoms with Gasteiger partial charge < -0.3 is 10.1 Å². The maximum Gasteiger partial charge on any atom is 0.0666 e. The minimum absolute atomic E-state index is 0.448. The van der Waals surface area contributed by atoms with Gasteiger partial charge in [0, 0.05) is 23.1 Å². The first-order chi connectivity index (χ1) is 8.11. The van der Waals surface area contributed by atoms with E-state index in [2.05, 4.69) is 44.9 Å². The van der Waals surface area contributed by atoms with Gasteiger partial charge in [0.15, 0.2) is 0 Å². The Bertz CT molecular complexity index is 248. The molecular weight excluding hydrogens is 230 g/mol. The van der Waals surface area contributed by atoms with E-state index < -0.39 is 0 Å². The Hall–Kier alpha value is 0.270. The fourth-order valence-electron chi connectivity index (χ4n) is 3.43. The van der Waals surface area contributed by atoms with Gasteiger partial charge in [0.25, 0.3) is 0 Å². The van der Waals surface area contributed by atoms with Crippen LogP contribution in [-0.2, 0) is 4.74 Å². The first kappa shape index (κ1) is 13.7. The molecule has 0 aromatic heterocycles. The third kappa shape index (κ3) is 3.18. The largest absolute Gasteiger partial charge is 0.377 e. The van der Waals surface area contributed by atoms with Gasteiger partial charge in [-0.3, -0.25) is 0 Å². The molecule has 0 bridgehead atoms. The number of nitrogens with one attached hydrogen (secondary N) is 1. The summed E-state index contributed by atoms with van der Waals surface area (Å²) in [5.41, 5.74) is 0. The van der Waals surface area contributed by atoms with E-state index in [4.69, 9.17) is 4.74 Å². The summed E-state index contributed by atoms with van der Waals surface area (Å²) < 4.78 is 5.69. The third-order valence-corrected chi connectivity index (χ3v) is 6.47. The van der Waals surface area contributed by atoms with Crippen molar-refractivity contribution in [1.82, 2.24) is 5.32 Å². The molecule has 2 fully saturated rings. The van der Waals surface area contributed by atoms with Crippen LogP contribution in [-0.4, -0.2) is 36.3 Å². The van der Waals surface area contributed by atoms with Crippen molar-refractivity contribution >= 4 is 11.8 Å². The minimum Gasteiger partial charge on any atom is -0.377 e. The van der Waals surface area contributed by atoms with E-state index in [0.717, 1.165) is 23.7 Å². The summed E-state index contributed by atoms with van der Waals surface area (Å²) in [5, 5.41) is 5.03. The van der Waals surface area contributed by atoms with E-state index in [1.54, 1.807) is 0 Å². The number of rotatable bonds is 3. The smallest absolute Gasteiger partial charge is 0.0666 e. The molecule has 0 aromatic carbocycles. The molecule has 2 rings (SSSR count). The van der Waals surface area contributed by atoms with Crippen molar-refractivity contribution in [2.45, 2.75) is 62.7 Å². The molecule has 0 aromatic rings. The van der Waals surface area contributed by atoms with E-state index in [9.17, 15) is 0 Å². The van der Waals surface area contributed by atoms with Crippen molar-refractivity contribution in [3.8, 4) is 0 Å². The van der Waals surface area contributed by atoms with Crippen molar-refractivity contribution in [3.63, 3.8) is 0 Å². The highest BCUT2D eigenvalue weighted by atomic mass is 32.2. The SMILES string of the molecule is CNC1CC(C)CC(C)C1SC1CCOC1C. The number of thioether (sulfide) groups is 1. The van der Waals surface area contributed by atoms with Gasteiger partial charge in [0.2, 0.25) is 0 Å². The van der Waals surface area contributed by atoms with Crippen LogP contribution in [0, 0.1) is 11.8 Å². The summed E-state index contributed by atoms with van der Waals surface area (Å²) in [6.45, 7) is 8.01. The second-order valence-electron chi connectivity index (χ2n) is 5.95. The predicted molar refractivity (Wildman–Crippen MR) is 75.6 cm³/mol. The molecule has 17 heavy (non-hydrogen) atoms. The first-order valence-corrected chi connectivity index (χ1v) is 8.00. The number of ether oxygens (including phenoxy) is 1. The number of hydrogen-bond acceptors (Lipinski definition) is 3.